The molecule has 26 heavy (non-hydrogen) atoms. The van der Waals surface area contributed by atoms with Crippen LogP contribution in [0.4, 0.5) is 11.4 Å². The summed E-state index contributed by atoms with van der Waals surface area (Å²) in [6.07, 6.45) is 0. The Morgan fingerprint density at radius 3 is 2.50 bits per heavy atom. The quantitative estimate of drug-likeness (QED) is 0.724. The van der Waals surface area contributed by atoms with E-state index in [0.717, 1.165) is 23.0 Å². The van der Waals surface area contributed by atoms with Crippen LogP contribution in [-0.2, 0) is 9.59 Å². The molecule has 130 valence electrons. The predicted molar refractivity (Wildman–Crippen MR) is 106 cm³/mol. The number of halogens is 2. The van der Waals surface area contributed by atoms with Gasteiger partial charge in [-0.15, -0.1) is 0 Å². The summed E-state index contributed by atoms with van der Waals surface area (Å²) in [6.45, 7) is 0. The number of fused-ring (bicyclic) bond motifs is 1. The molecule has 0 radical (unpaired) electrons. The molecule has 2 aromatic carbocycles. The second-order valence-corrected chi connectivity index (χ2v) is 7.56. The Bertz CT molecular complexity index is 1010. The van der Waals surface area contributed by atoms with Crippen LogP contribution in [0.2, 0.25) is 10.0 Å². The Balaban J connectivity index is 1.76. The summed E-state index contributed by atoms with van der Waals surface area (Å²) in [4.78, 5) is 31.4. The number of amides is 2. The van der Waals surface area contributed by atoms with E-state index in [-0.39, 0.29) is 11.8 Å². The lowest BCUT2D eigenvalue weighted by Crippen LogP contribution is -2.23. The molecule has 2 amide bonds. The van der Waals surface area contributed by atoms with Crippen molar-refractivity contribution in [1.82, 2.24) is 5.32 Å². The van der Waals surface area contributed by atoms with Gasteiger partial charge in [0.1, 0.15) is 0 Å². The number of amidine groups is 1. The Hall–Kier alpha value is -2.28. The molecular weight excluding hydrogens is 393 g/mol. The number of nitrogens with zero attached hydrogens (tertiary/aromatic N) is 2. The summed E-state index contributed by atoms with van der Waals surface area (Å²) in [5.74, 6) is -0.564. The lowest BCUT2D eigenvalue weighted by molar-refractivity contribution is -0.116. The summed E-state index contributed by atoms with van der Waals surface area (Å²) < 4.78 is 0. The highest BCUT2D eigenvalue weighted by atomic mass is 35.5. The van der Waals surface area contributed by atoms with Crippen LogP contribution in [0, 0.1) is 0 Å². The smallest absolute Gasteiger partial charge is 0.264 e. The monoisotopic (exact) mass is 403 g/mol. The van der Waals surface area contributed by atoms with Crippen LogP contribution in [0.5, 0.6) is 0 Å². The molecule has 2 aromatic rings. The molecule has 0 aliphatic carbocycles. The molecule has 8 heteroatoms. The van der Waals surface area contributed by atoms with Gasteiger partial charge in [-0.1, -0.05) is 41.4 Å². The summed E-state index contributed by atoms with van der Waals surface area (Å²) in [5, 5.41) is 3.97. The molecule has 4 rings (SSSR count). The zero-order valence-corrected chi connectivity index (χ0v) is 15.7. The van der Waals surface area contributed by atoms with Gasteiger partial charge in [-0.25, -0.2) is 4.99 Å². The number of carbonyl (C=O) groups is 2. The zero-order valence-electron chi connectivity index (χ0n) is 13.4. The van der Waals surface area contributed by atoms with Crippen molar-refractivity contribution in [2.45, 2.75) is 0 Å². The van der Waals surface area contributed by atoms with Crippen molar-refractivity contribution in [2.24, 2.45) is 4.99 Å². The Morgan fingerprint density at radius 1 is 1.08 bits per heavy atom. The highest BCUT2D eigenvalue weighted by Gasteiger charge is 2.37. The fourth-order valence-corrected chi connectivity index (χ4v) is 4.29. The fraction of sp³-hybridized carbons (Fsp3) is 0.0556. The van der Waals surface area contributed by atoms with E-state index in [4.69, 9.17) is 23.2 Å². The van der Waals surface area contributed by atoms with E-state index in [2.05, 4.69) is 10.3 Å². The number of likely N-dealkylation sites (N-methyl/N-ethyl adjacent to an activating group) is 1. The van der Waals surface area contributed by atoms with Crippen molar-refractivity contribution in [3.05, 3.63) is 63.0 Å². The van der Waals surface area contributed by atoms with Gasteiger partial charge in [0.05, 0.1) is 21.9 Å². The number of thioether (sulfide) groups is 1. The number of aliphatic imine (C=N–C) groups is 1. The van der Waals surface area contributed by atoms with Crippen molar-refractivity contribution >= 4 is 68.9 Å². The van der Waals surface area contributed by atoms with Crippen LogP contribution in [0.3, 0.4) is 0 Å². The van der Waals surface area contributed by atoms with E-state index >= 15 is 0 Å². The van der Waals surface area contributed by atoms with Crippen LogP contribution < -0.4 is 10.2 Å². The van der Waals surface area contributed by atoms with Gasteiger partial charge >= 0.3 is 0 Å². The summed E-state index contributed by atoms with van der Waals surface area (Å²) in [5.41, 5.74) is 2.43. The normalized spacial score (nSPS) is 20.7. The molecule has 1 N–H and O–H groups in total. The number of hydrogen-bond acceptors (Lipinski definition) is 4. The van der Waals surface area contributed by atoms with Gasteiger partial charge in [0.25, 0.3) is 11.8 Å². The summed E-state index contributed by atoms with van der Waals surface area (Å²) >= 11 is 13.1. The number of rotatable bonds is 1. The fourth-order valence-electron chi connectivity index (χ4n) is 2.85. The van der Waals surface area contributed by atoms with Crippen molar-refractivity contribution < 1.29 is 9.59 Å². The van der Waals surface area contributed by atoms with Crippen LogP contribution in [-0.4, -0.2) is 24.0 Å². The van der Waals surface area contributed by atoms with Gasteiger partial charge in [0.15, 0.2) is 5.17 Å². The number of hydrogen-bond donors (Lipinski definition) is 1. The van der Waals surface area contributed by atoms with Crippen LogP contribution in [0.25, 0.3) is 5.57 Å². The maximum absolute atomic E-state index is 12.6. The number of benzene rings is 2. The lowest BCUT2D eigenvalue weighted by Gasteiger charge is -2.08. The zero-order chi connectivity index (χ0) is 18.4. The van der Waals surface area contributed by atoms with E-state index in [0.29, 0.717) is 31.4 Å². The number of para-hydroxylation sites is 1. The molecule has 0 saturated carbocycles. The van der Waals surface area contributed by atoms with E-state index in [9.17, 15) is 9.59 Å². The van der Waals surface area contributed by atoms with Gasteiger partial charge in [0.2, 0.25) is 0 Å². The average molecular weight is 404 g/mol. The molecule has 2 heterocycles. The standard InChI is InChI=1S/C18H11Cl2N3O2S/c1-23-13-5-3-2-4-12(13)14(17(23)25)15-16(24)22-18(26-15)21-11-7-9(19)6-10(20)8-11/h2-8H,1H3,(H,21,22,24). The minimum atomic E-state index is -0.352. The SMILES string of the molecule is CN1C(=O)C(=C2SC(=Nc3cc(Cl)cc(Cl)c3)NC2=O)c2ccccc21. The molecule has 1 saturated heterocycles. The predicted octanol–water partition coefficient (Wildman–Crippen LogP) is 4.23. The largest absolute Gasteiger partial charge is 0.311 e. The minimum Gasteiger partial charge on any atom is -0.311 e. The van der Waals surface area contributed by atoms with Gasteiger partial charge in [-0.05, 0) is 36.0 Å². The third-order valence-electron chi connectivity index (χ3n) is 3.98. The number of nitrogens with one attached hydrogen (secondary N) is 1. The third-order valence-corrected chi connectivity index (χ3v) is 5.40. The first-order chi connectivity index (χ1) is 12.4. The molecule has 0 unspecified atom stereocenters. The van der Waals surface area contributed by atoms with Crippen molar-refractivity contribution in [3.63, 3.8) is 0 Å². The Labute approximate surface area is 163 Å². The lowest BCUT2D eigenvalue weighted by atomic mass is 10.1. The Morgan fingerprint density at radius 2 is 1.77 bits per heavy atom. The van der Waals surface area contributed by atoms with Crippen LogP contribution in [0.1, 0.15) is 5.56 Å². The van der Waals surface area contributed by atoms with Crippen molar-refractivity contribution in [2.75, 3.05) is 11.9 Å². The second kappa shape index (κ2) is 6.46. The topological polar surface area (TPSA) is 61.8 Å². The molecule has 2 aliphatic heterocycles. The van der Waals surface area contributed by atoms with Gasteiger partial charge in [-0.3, -0.25) is 9.59 Å². The highest BCUT2D eigenvalue weighted by Crippen LogP contribution is 2.42. The Kier molecular flexibility index (Phi) is 4.26. The number of carbonyl (C=O) groups excluding carboxylic acids is 2. The average Bonchev–Trinajstić information content (AvgIpc) is 3.05. The van der Waals surface area contributed by atoms with E-state index in [1.54, 1.807) is 25.2 Å². The third kappa shape index (κ3) is 2.90. The first kappa shape index (κ1) is 17.1. The summed E-state index contributed by atoms with van der Waals surface area (Å²) in [7, 11) is 1.69. The molecular formula is C18H11Cl2N3O2S. The van der Waals surface area contributed by atoms with E-state index in [1.165, 1.54) is 4.90 Å². The van der Waals surface area contributed by atoms with Gasteiger partial charge < -0.3 is 10.2 Å². The molecule has 0 bridgehead atoms. The second-order valence-electron chi connectivity index (χ2n) is 5.69. The van der Waals surface area contributed by atoms with Crippen LogP contribution >= 0.6 is 35.0 Å². The number of anilines is 1. The molecule has 1 fully saturated rings. The van der Waals surface area contributed by atoms with Crippen molar-refractivity contribution in [3.8, 4) is 0 Å². The molecule has 0 aromatic heterocycles. The van der Waals surface area contributed by atoms with E-state index < -0.39 is 0 Å². The van der Waals surface area contributed by atoms with E-state index in [1.807, 2.05) is 24.3 Å². The molecule has 5 nitrogen and oxygen atoms in total. The van der Waals surface area contributed by atoms with Gasteiger partial charge in [-0.2, -0.15) is 0 Å². The molecule has 0 spiro atoms. The first-order valence-corrected chi connectivity index (χ1v) is 9.17. The molecule has 2 aliphatic rings. The highest BCUT2D eigenvalue weighted by molar-refractivity contribution is 8.18. The minimum absolute atomic E-state index is 0.212. The maximum Gasteiger partial charge on any atom is 0.264 e. The summed E-state index contributed by atoms with van der Waals surface area (Å²) in [6, 6.07) is 12.3. The van der Waals surface area contributed by atoms with Crippen LogP contribution in [0.15, 0.2) is 52.4 Å². The molecule has 0 atom stereocenters. The van der Waals surface area contributed by atoms with Crippen molar-refractivity contribution in [1.29, 1.82) is 0 Å². The first-order valence-electron chi connectivity index (χ1n) is 7.60. The van der Waals surface area contributed by atoms with Gasteiger partial charge in [0, 0.05) is 22.7 Å². The maximum atomic E-state index is 12.6.